The van der Waals surface area contributed by atoms with Crippen LogP contribution in [0.5, 0.6) is 0 Å². The highest BCUT2D eigenvalue weighted by atomic mass is 15.1. The second kappa shape index (κ2) is 6.83. The predicted octanol–water partition coefficient (Wildman–Crippen LogP) is 18.0. The Balaban J connectivity index is 1.11. The van der Waals surface area contributed by atoms with Gasteiger partial charge in [-0.15, -0.1) is 0 Å². The third kappa shape index (κ3) is 1.61. The number of nitrogens with one attached hydrogen (secondary N) is 1. The number of benzene rings is 18. The molecule has 2 spiro atoms. The van der Waals surface area contributed by atoms with Gasteiger partial charge in [-0.3, -0.25) is 9.97 Å². The number of rotatable bonds is 3. The van der Waals surface area contributed by atoms with Crippen LogP contribution in [0.4, 0.5) is 0 Å². The van der Waals surface area contributed by atoms with Gasteiger partial charge >= 0.3 is 0 Å². The Morgan fingerprint density at radius 1 is 0.250 bits per heavy atom. The van der Waals surface area contributed by atoms with Crippen LogP contribution in [-0.2, 0) is 17.3 Å². The molecular weight excluding hydrogens is 919 g/mol. The second-order valence-electron chi connectivity index (χ2n) is 27.4. The fourth-order valence-electron chi connectivity index (χ4n) is 26.8. The molecule has 320 valence electrons. The minimum atomic E-state index is -0.433. The van der Waals surface area contributed by atoms with Crippen molar-refractivity contribution in [3.8, 4) is 0 Å². The fraction of sp³-hybridized carbons (Fsp3) is 0.0685. The minimum absolute atomic E-state index is 0.0121. The van der Waals surface area contributed by atoms with Gasteiger partial charge in [-0.1, -0.05) is 0 Å². The first-order chi connectivity index (χ1) is 37.9. The van der Waals surface area contributed by atoms with Crippen molar-refractivity contribution >= 4 is 291 Å². The van der Waals surface area contributed by atoms with Crippen molar-refractivity contribution in [2.75, 3.05) is 0 Å². The van der Waals surface area contributed by atoms with Crippen LogP contribution >= 0.6 is 0 Å². The molecule has 0 radical (unpaired) electrons. The van der Waals surface area contributed by atoms with E-state index < -0.39 is 10.8 Å². The van der Waals surface area contributed by atoms with Crippen molar-refractivity contribution in [3.63, 3.8) is 0 Å². The molecule has 1 aliphatic heterocycles. The molecule has 1 saturated heterocycles. The average Bonchev–Trinajstić information content (AvgIpc) is 4.17. The largest absolute Gasteiger partial charge is 0.304 e. The van der Waals surface area contributed by atoms with E-state index in [1.807, 2.05) is 0 Å². The van der Waals surface area contributed by atoms with E-state index in [1.54, 1.807) is 313 Å². The monoisotopic (exact) mass is 931 g/mol. The fourth-order valence-corrected chi connectivity index (χ4v) is 26.8. The maximum Gasteiger partial charge on any atom is 0.0575 e. The smallest absolute Gasteiger partial charge is 0.0575 e. The Hall–Kier alpha value is -9.28. The lowest BCUT2D eigenvalue weighted by atomic mass is 9.45. The van der Waals surface area contributed by atoms with Crippen molar-refractivity contribution < 1.29 is 0 Å². The summed E-state index contributed by atoms with van der Waals surface area (Å²) < 4.78 is 0. The van der Waals surface area contributed by atoms with E-state index in [0.29, 0.717) is 0 Å². The Morgan fingerprint density at radius 3 is 0.684 bits per heavy atom. The van der Waals surface area contributed by atoms with Crippen molar-refractivity contribution in [2.45, 2.75) is 29.3 Å². The Morgan fingerprint density at radius 2 is 0.447 bits per heavy atom. The zero-order chi connectivity index (χ0) is 45.3. The van der Waals surface area contributed by atoms with Crippen molar-refractivity contribution in [1.29, 1.82) is 0 Å². The van der Waals surface area contributed by atoms with E-state index in [-0.39, 0.29) is 12.1 Å². The van der Waals surface area contributed by atoms with E-state index in [1.165, 1.54) is 11.1 Å². The van der Waals surface area contributed by atoms with Gasteiger partial charge in [0.2, 0.25) is 0 Å². The molecule has 0 bridgehead atoms. The highest BCUT2D eigenvalue weighted by Gasteiger charge is 2.77. The first-order valence-electron chi connectivity index (χ1n) is 28.2. The lowest BCUT2D eigenvalue weighted by Crippen LogP contribution is -2.55. The summed E-state index contributed by atoms with van der Waals surface area (Å²) in [7, 11) is 0. The van der Waals surface area contributed by atoms with Crippen LogP contribution in [0.1, 0.15) is 39.4 Å². The van der Waals surface area contributed by atoms with Gasteiger partial charge in [0.15, 0.2) is 0 Å². The summed E-state index contributed by atoms with van der Waals surface area (Å²) in [4.78, 5) is 9.49. The van der Waals surface area contributed by atoms with Gasteiger partial charge in [-0.25, -0.2) is 0 Å². The molecule has 35 rings (SSSR count). The number of aromatic nitrogens is 2. The Bertz CT molecular complexity index is 7560. The van der Waals surface area contributed by atoms with Gasteiger partial charge in [0, 0.05) is 36.9 Å². The number of nitrogens with zero attached hydrogens (tertiary/aromatic N) is 2. The summed E-state index contributed by atoms with van der Waals surface area (Å²) in [5.41, 5.74) is 8.83. The molecule has 76 heavy (non-hydrogen) atoms. The second-order valence-corrected chi connectivity index (χ2v) is 27.4. The van der Waals surface area contributed by atoms with Crippen LogP contribution in [0.15, 0.2) is 49.1 Å². The summed E-state index contributed by atoms with van der Waals surface area (Å²) >= 11 is 0. The lowest BCUT2D eigenvalue weighted by molar-refractivity contribution is 0.330. The number of hydrogen-bond acceptors (Lipinski definition) is 3. The molecule has 3 heteroatoms. The first-order valence-corrected chi connectivity index (χ1v) is 28.2. The average molecular weight is 932 g/mol. The van der Waals surface area contributed by atoms with Gasteiger partial charge in [0.05, 0.1) is 10.8 Å². The lowest BCUT2D eigenvalue weighted by Gasteiger charge is -2.53. The maximum absolute atomic E-state index is 4.89. The molecule has 4 aliphatic carbocycles. The summed E-state index contributed by atoms with van der Waals surface area (Å²) in [5, 5.41) is 93.9. The molecule has 3 heterocycles. The van der Waals surface area contributed by atoms with Crippen molar-refractivity contribution in [2.24, 2.45) is 0 Å². The standard InChI is InChI=1S/C73H13N3/c1-5-74-6-2-10(1)9-12-72-67-59-51-41-31-23-15-13-14-17-21-19(15)27-35-29(21)39-33-25(17)26-18(14)22-20-16(13)24(23)32-38-28(20)36-30(22)40-34(26)44-43(33)53-47(39)57-49(35)55(45(51)37(27)31)61(67)63(57)69-65(53)66-54(44)48(40)58-50(36)56-46(38)52(42(32)41)60(59)68(72)62(56)64(58)70(66)73(69,72)71(76-12)11-3-7-75-8-4-11/h1-8,12,71,76H,9H2. The molecule has 3 nitrogen and oxygen atoms in total. The normalized spacial score (nSPS) is 23.6. The summed E-state index contributed by atoms with van der Waals surface area (Å²) in [6, 6.07) is 9.65. The molecule has 1 fully saturated rings. The van der Waals surface area contributed by atoms with E-state index in [2.05, 4.69) is 54.0 Å². The van der Waals surface area contributed by atoms with Gasteiger partial charge in [0.1, 0.15) is 0 Å². The summed E-state index contributed by atoms with van der Waals surface area (Å²) in [6.07, 6.45) is 9.29. The van der Waals surface area contributed by atoms with Crippen LogP contribution in [0, 0.1) is 0 Å². The van der Waals surface area contributed by atoms with E-state index in [0.717, 1.165) is 6.42 Å². The molecule has 5 aliphatic rings. The minimum Gasteiger partial charge on any atom is -0.304 e. The molecule has 2 unspecified atom stereocenters. The molecule has 2 atom stereocenters. The molecule has 28 aromatic carbocycles. The topological polar surface area (TPSA) is 37.8 Å². The maximum atomic E-state index is 4.89. The molecular formula is C73H13N3. The summed E-state index contributed by atoms with van der Waals surface area (Å²) in [6.45, 7) is 0. The van der Waals surface area contributed by atoms with Gasteiger partial charge in [-0.05, 0) is 355 Å². The van der Waals surface area contributed by atoms with Crippen LogP contribution in [0.3, 0.4) is 0 Å². The van der Waals surface area contributed by atoms with Crippen LogP contribution in [0.2, 0.25) is 0 Å². The van der Waals surface area contributed by atoms with Gasteiger partial charge < -0.3 is 5.32 Å². The third-order valence-electron chi connectivity index (χ3n) is 27.0. The quantitative estimate of drug-likeness (QED) is 0.179. The predicted molar refractivity (Wildman–Crippen MR) is 316 cm³/mol. The third-order valence-corrected chi connectivity index (χ3v) is 27.0. The first kappa shape index (κ1) is 29.0. The molecule has 2 aromatic heterocycles. The Kier molecular flexibility index (Phi) is 2.61. The van der Waals surface area contributed by atoms with Crippen molar-refractivity contribution in [1.82, 2.24) is 15.3 Å². The Labute approximate surface area is 415 Å². The van der Waals surface area contributed by atoms with Gasteiger partial charge in [-0.2, -0.15) is 0 Å². The van der Waals surface area contributed by atoms with Gasteiger partial charge in [0.25, 0.3) is 0 Å². The zero-order valence-electron chi connectivity index (χ0n) is 38.9. The molecule has 30 aromatic rings. The number of hydrogen-bond donors (Lipinski definition) is 1. The zero-order valence-corrected chi connectivity index (χ0v) is 38.9. The van der Waals surface area contributed by atoms with Crippen LogP contribution < -0.4 is 5.32 Å². The summed E-state index contributed by atoms with van der Waals surface area (Å²) in [5.74, 6) is 0. The van der Waals surface area contributed by atoms with Crippen LogP contribution in [-0.4, -0.2) is 16.0 Å². The molecule has 1 N–H and O–H groups in total. The molecule has 0 saturated carbocycles. The van der Waals surface area contributed by atoms with E-state index in [4.69, 9.17) is 10.3 Å². The molecule has 0 amide bonds. The highest BCUT2D eigenvalue weighted by Crippen LogP contribution is 2.87. The number of pyridine rings is 2. The van der Waals surface area contributed by atoms with E-state index >= 15 is 0 Å². The van der Waals surface area contributed by atoms with Crippen molar-refractivity contribution in [3.05, 3.63) is 82.4 Å². The SMILES string of the molecule is c1cc(CC2NC(c3ccncc3)C34c5c6c7c8c9c%10c(c%11c%12c3c3c5c5c%13c6c6c7c7c9c9c%14c%10c%10c%11c%11c%12c%12c3c3c5c5c%13c%13c6c6c7c9c7c9c%14c%10c%10c%11c%11c%12c3c3c5c5c%13c6c7c6c9c%10c%11c3c56)C824)ccn1. The highest BCUT2D eigenvalue weighted by molar-refractivity contribution is 6.82. The van der Waals surface area contributed by atoms with E-state index in [9.17, 15) is 0 Å². The van der Waals surface area contributed by atoms with Crippen LogP contribution in [0.25, 0.3) is 291 Å².